The van der Waals surface area contributed by atoms with Crippen LogP contribution in [0.1, 0.15) is 43.7 Å². The standard InChI is InChI=1S/C30H29N3O8/c1-3-5-14-38-25-13-10-19(15-27(25)37-4-2)29-21-12-11-20(16-26(21)41-30(32)22(29)17-31)40-28(34)18-39-24-9-7-6-8-23(24)33(35)36/h6-13,15-16,29H,3-5,14,18,32H2,1-2H3. The summed E-state index contributed by atoms with van der Waals surface area (Å²) in [5.74, 6) is 0.122. The summed E-state index contributed by atoms with van der Waals surface area (Å²) in [7, 11) is 0. The summed E-state index contributed by atoms with van der Waals surface area (Å²) in [5.41, 5.74) is 7.47. The molecule has 0 aromatic heterocycles. The topological polar surface area (TPSA) is 156 Å². The van der Waals surface area contributed by atoms with Crippen LogP contribution in [0, 0.1) is 21.4 Å². The largest absolute Gasteiger partial charge is 0.490 e. The van der Waals surface area contributed by atoms with E-state index in [0.29, 0.717) is 36.0 Å². The lowest BCUT2D eigenvalue weighted by molar-refractivity contribution is -0.385. The van der Waals surface area contributed by atoms with E-state index in [9.17, 15) is 20.2 Å². The van der Waals surface area contributed by atoms with Gasteiger partial charge < -0.3 is 29.4 Å². The molecule has 0 saturated heterocycles. The predicted octanol–water partition coefficient (Wildman–Crippen LogP) is 5.37. The molecule has 1 aliphatic rings. The van der Waals surface area contributed by atoms with Crippen LogP contribution >= 0.6 is 0 Å². The van der Waals surface area contributed by atoms with Crippen LogP contribution in [0.4, 0.5) is 5.69 Å². The maximum absolute atomic E-state index is 12.4. The maximum atomic E-state index is 12.4. The Bertz CT molecular complexity index is 1510. The lowest BCUT2D eigenvalue weighted by Gasteiger charge is -2.27. The summed E-state index contributed by atoms with van der Waals surface area (Å²) in [6.07, 6.45) is 1.90. The zero-order chi connectivity index (χ0) is 29.4. The van der Waals surface area contributed by atoms with Crippen molar-refractivity contribution in [2.45, 2.75) is 32.6 Å². The molecule has 0 spiro atoms. The monoisotopic (exact) mass is 559 g/mol. The van der Waals surface area contributed by atoms with E-state index in [1.54, 1.807) is 18.2 Å². The van der Waals surface area contributed by atoms with E-state index in [1.165, 1.54) is 24.3 Å². The van der Waals surface area contributed by atoms with E-state index in [-0.39, 0.29) is 28.6 Å². The minimum Gasteiger partial charge on any atom is -0.490 e. The molecule has 3 aromatic rings. The van der Waals surface area contributed by atoms with Crippen LogP contribution in [0.5, 0.6) is 28.7 Å². The molecule has 0 saturated carbocycles. The van der Waals surface area contributed by atoms with Gasteiger partial charge in [-0.1, -0.05) is 37.6 Å². The molecule has 1 aliphatic heterocycles. The lowest BCUT2D eigenvalue weighted by Crippen LogP contribution is -2.22. The second-order valence-electron chi connectivity index (χ2n) is 8.95. The van der Waals surface area contributed by atoms with Gasteiger partial charge in [0.2, 0.25) is 5.88 Å². The van der Waals surface area contributed by atoms with E-state index >= 15 is 0 Å². The number of nitrogens with zero attached hydrogens (tertiary/aromatic N) is 2. The van der Waals surface area contributed by atoms with Crippen molar-refractivity contribution in [1.29, 1.82) is 5.26 Å². The van der Waals surface area contributed by atoms with E-state index in [2.05, 4.69) is 13.0 Å². The summed E-state index contributed by atoms with van der Waals surface area (Å²) in [5, 5.41) is 21.1. The van der Waals surface area contributed by atoms with Crippen LogP contribution in [0.2, 0.25) is 0 Å². The summed E-state index contributed by atoms with van der Waals surface area (Å²) >= 11 is 0. The third-order valence-electron chi connectivity index (χ3n) is 6.19. The Kier molecular flexibility index (Phi) is 9.27. The highest BCUT2D eigenvalue weighted by Gasteiger charge is 2.32. The van der Waals surface area contributed by atoms with Crippen LogP contribution < -0.4 is 29.4 Å². The molecule has 1 atom stereocenters. The van der Waals surface area contributed by atoms with Gasteiger partial charge in [0, 0.05) is 17.7 Å². The first-order valence-corrected chi connectivity index (χ1v) is 13.0. The Balaban J connectivity index is 1.57. The van der Waals surface area contributed by atoms with Gasteiger partial charge in [-0.15, -0.1) is 0 Å². The minimum atomic E-state index is -0.781. The van der Waals surface area contributed by atoms with Gasteiger partial charge in [-0.05, 0) is 43.2 Å². The molecule has 212 valence electrons. The minimum absolute atomic E-state index is 0.0544. The van der Waals surface area contributed by atoms with Crippen molar-refractivity contribution in [1.82, 2.24) is 0 Å². The van der Waals surface area contributed by atoms with Gasteiger partial charge in [0.05, 0.1) is 24.1 Å². The Morgan fingerprint density at radius 3 is 2.59 bits per heavy atom. The quantitative estimate of drug-likeness (QED) is 0.101. The molecular weight excluding hydrogens is 530 g/mol. The van der Waals surface area contributed by atoms with Crippen LogP contribution in [0.25, 0.3) is 0 Å². The van der Waals surface area contributed by atoms with Gasteiger partial charge in [-0.2, -0.15) is 5.26 Å². The number of unbranched alkanes of at least 4 members (excludes halogenated alkanes) is 1. The first-order valence-electron chi connectivity index (χ1n) is 13.0. The molecule has 11 nitrogen and oxygen atoms in total. The fourth-order valence-corrected chi connectivity index (χ4v) is 4.29. The highest BCUT2D eigenvalue weighted by molar-refractivity contribution is 5.74. The van der Waals surface area contributed by atoms with Gasteiger partial charge in [0.1, 0.15) is 23.1 Å². The van der Waals surface area contributed by atoms with Gasteiger partial charge in [-0.25, -0.2) is 4.79 Å². The van der Waals surface area contributed by atoms with Crippen LogP contribution in [-0.2, 0) is 4.79 Å². The SMILES string of the molecule is CCCCOc1ccc(C2C(C#N)=C(N)Oc3cc(OC(=O)COc4ccccc4[N+](=O)[O-])ccc32)cc1OCC. The second kappa shape index (κ2) is 13.2. The van der Waals surface area contributed by atoms with Crippen molar-refractivity contribution in [2.75, 3.05) is 19.8 Å². The molecule has 0 bridgehead atoms. The van der Waals surface area contributed by atoms with Crippen LogP contribution in [0.3, 0.4) is 0 Å². The molecule has 2 N–H and O–H groups in total. The number of rotatable bonds is 12. The summed E-state index contributed by atoms with van der Waals surface area (Å²) in [6.45, 7) is 4.38. The van der Waals surface area contributed by atoms with Crippen LogP contribution in [0.15, 0.2) is 72.1 Å². The van der Waals surface area contributed by atoms with Gasteiger partial charge in [-0.3, -0.25) is 10.1 Å². The lowest BCUT2D eigenvalue weighted by atomic mass is 9.83. The number of hydrogen-bond acceptors (Lipinski definition) is 10. The number of benzene rings is 3. The number of nitriles is 1. The highest BCUT2D eigenvalue weighted by atomic mass is 16.6. The fourth-order valence-electron chi connectivity index (χ4n) is 4.29. The van der Waals surface area contributed by atoms with E-state index in [4.69, 9.17) is 29.4 Å². The van der Waals surface area contributed by atoms with Crippen molar-refractivity contribution in [3.63, 3.8) is 0 Å². The average molecular weight is 560 g/mol. The first kappa shape index (κ1) is 28.8. The average Bonchev–Trinajstić information content (AvgIpc) is 2.96. The maximum Gasteiger partial charge on any atom is 0.349 e. The predicted molar refractivity (Wildman–Crippen MR) is 148 cm³/mol. The summed E-state index contributed by atoms with van der Waals surface area (Å²) < 4.78 is 28.1. The molecule has 0 aliphatic carbocycles. The highest BCUT2D eigenvalue weighted by Crippen LogP contribution is 2.45. The number of carbonyl (C=O) groups excluding carboxylic acids is 1. The van der Waals surface area contributed by atoms with Gasteiger partial charge in [0.15, 0.2) is 23.9 Å². The third kappa shape index (κ3) is 6.67. The first-order chi connectivity index (χ1) is 19.9. The second-order valence-corrected chi connectivity index (χ2v) is 8.95. The molecule has 1 unspecified atom stereocenters. The van der Waals surface area contributed by atoms with Crippen molar-refractivity contribution in [2.24, 2.45) is 5.73 Å². The Hall–Kier alpha value is -5.24. The van der Waals surface area contributed by atoms with Crippen molar-refractivity contribution in [3.05, 3.63) is 93.4 Å². The van der Waals surface area contributed by atoms with Gasteiger partial charge >= 0.3 is 11.7 Å². The van der Waals surface area contributed by atoms with Crippen molar-refractivity contribution >= 4 is 11.7 Å². The number of fused-ring (bicyclic) bond motifs is 1. The van der Waals surface area contributed by atoms with Crippen molar-refractivity contribution < 1.29 is 33.4 Å². The molecule has 1 heterocycles. The van der Waals surface area contributed by atoms with Gasteiger partial charge in [0.25, 0.3) is 0 Å². The molecule has 41 heavy (non-hydrogen) atoms. The number of nitrogens with two attached hydrogens (primary N) is 1. The van der Waals surface area contributed by atoms with Crippen molar-refractivity contribution in [3.8, 4) is 34.8 Å². The Morgan fingerprint density at radius 2 is 1.85 bits per heavy atom. The van der Waals surface area contributed by atoms with E-state index < -0.39 is 23.4 Å². The number of carbonyl (C=O) groups is 1. The van der Waals surface area contributed by atoms with E-state index in [0.717, 1.165) is 18.4 Å². The van der Waals surface area contributed by atoms with E-state index in [1.807, 2.05) is 25.1 Å². The number of esters is 1. The molecule has 11 heteroatoms. The zero-order valence-corrected chi connectivity index (χ0v) is 22.6. The normalized spacial score (nSPS) is 13.8. The van der Waals surface area contributed by atoms with Crippen LogP contribution in [-0.4, -0.2) is 30.7 Å². The number of nitro benzene ring substituents is 1. The fraction of sp³-hybridized carbons (Fsp3) is 0.267. The zero-order valence-electron chi connectivity index (χ0n) is 22.6. The molecular formula is C30H29N3O8. The summed E-state index contributed by atoms with van der Waals surface area (Å²) in [6, 6.07) is 18.1. The molecule has 0 fully saturated rings. The Morgan fingerprint density at radius 1 is 1.05 bits per heavy atom. The number of hydrogen-bond donors (Lipinski definition) is 1. The number of allylic oxidation sites excluding steroid dienone is 1. The summed E-state index contributed by atoms with van der Waals surface area (Å²) in [4.78, 5) is 23.0. The third-order valence-corrected chi connectivity index (χ3v) is 6.19. The molecule has 0 radical (unpaired) electrons. The molecule has 0 amide bonds. The molecule has 4 rings (SSSR count). The number of nitro groups is 1. The number of ether oxygens (including phenoxy) is 5. The molecule has 3 aromatic carbocycles. The number of para-hydroxylation sites is 2. The Labute approximate surface area is 236 Å². The smallest absolute Gasteiger partial charge is 0.349 e.